The number of aryl methyl sites for hydroxylation is 1. The molecule has 158 valence electrons. The fourth-order valence-electron chi connectivity index (χ4n) is 3.80. The molecule has 32 heavy (non-hydrogen) atoms. The van der Waals surface area contributed by atoms with Gasteiger partial charge in [-0.25, -0.2) is 0 Å². The van der Waals surface area contributed by atoms with Gasteiger partial charge >= 0.3 is 0 Å². The second-order valence-electron chi connectivity index (χ2n) is 7.40. The van der Waals surface area contributed by atoms with Crippen LogP contribution in [0.1, 0.15) is 22.5 Å². The van der Waals surface area contributed by atoms with Crippen LogP contribution in [0.3, 0.4) is 0 Å². The summed E-state index contributed by atoms with van der Waals surface area (Å²) in [5, 5.41) is 16.1. The number of hydrogen-bond acceptors (Lipinski definition) is 4. The fourth-order valence-corrected chi connectivity index (χ4v) is 5.01. The number of hydrazone groups is 1. The molecule has 0 bridgehead atoms. The first-order chi connectivity index (χ1) is 15.4. The molecule has 1 aromatic heterocycles. The summed E-state index contributed by atoms with van der Waals surface area (Å²) in [5.41, 5.74) is 4.87. The van der Waals surface area contributed by atoms with Gasteiger partial charge in [-0.1, -0.05) is 48.0 Å². The number of para-hydroxylation sites is 1. The zero-order valence-corrected chi connectivity index (χ0v) is 18.9. The molecule has 0 radical (unpaired) electrons. The highest BCUT2D eigenvalue weighted by atomic mass is 35.5. The maximum absolute atomic E-state index is 12.8. The molecule has 0 atom stereocenters. The van der Waals surface area contributed by atoms with Crippen molar-refractivity contribution in [2.24, 2.45) is 10.1 Å². The van der Waals surface area contributed by atoms with Gasteiger partial charge in [0.05, 0.1) is 10.6 Å². The lowest BCUT2D eigenvalue weighted by atomic mass is 10.1. The number of amides is 1. The van der Waals surface area contributed by atoms with Gasteiger partial charge in [-0.15, -0.1) is 0 Å². The van der Waals surface area contributed by atoms with Crippen molar-refractivity contribution in [3.63, 3.8) is 0 Å². The zero-order chi connectivity index (χ0) is 22.4. The lowest BCUT2D eigenvalue weighted by Gasteiger charge is -2.20. The maximum Gasteiger partial charge on any atom is 0.283 e. The molecule has 8 heteroatoms. The van der Waals surface area contributed by atoms with Gasteiger partial charge in [-0.2, -0.15) is 15.1 Å². The van der Waals surface area contributed by atoms with E-state index in [1.807, 2.05) is 68.4 Å². The van der Waals surface area contributed by atoms with E-state index in [4.69, 9.17) is 17.0 Å². The molecule has 1 amide bonds. The Labute approximate surface area is 194 Å². The summed E-state index contributed by atoms with van der Waals surface area (Å²) in [4.78, 5) is 17.0. The molecular formula is C24H18ClN5OS. The molecule has 0 aliphatic carbocycles. The topological polar surface area (TPSA) is 73.8 Å². The number of rotatable bonds is 3. The zero-order valence-electron chi connectivity index (χ0n) is 17.3. The molecule has 1 N–H and O–H groups in total. The molecule has 2 aliphatic rings. The molecule has 0 spiro atoms. The standard InChI is InChI=1S/C24H18ClN5OS/c1-14-12-16(15(2)29(14)17-8-4-3-5-9-17)13-19-21(26)30-24(27-22(19)31)32-23(28-30)18-10-6-7-11-20(18)25/h3-13,26H,1-2H3/b19-13+,26-21?. The fraction of sp³-hybridized carbons (Fsp3) is 0.0833. The number of carbonyl (C=O) groups excluding carboxylic acids is 1. The largest absolute Gasteiger partial charge is 0.318 e. The first kappa shape index (κ1) is 20.5. The molecule has 0 unspecified atom stereocenters. The third kappa shape index (κ3) is 3.39. The molecule has 0 fully saturated rings. The van der Waals surface area contributed by atoms with Crippen molar-refractivity contribution in [1.29, 1.82) is 5.41 Å². The number of fused-ring (bicyclic) bond motifs is 1. The van der Waals surface area contributed by atoms with Crippen molar-refractivity contribution in [2.75, 3.05) is 0 Å². The minimum atomic E-state index is -0.450. The van der Waals surface area contributed by atoms with Crippen molar-refractivity contribution in [3.05, 3.63) is 93.8 Å². The number of aliphatic imine (C=N–C) groups is 1. The van der Waals surface area contributed by atoms with Crippen LogP contribution in [0.25, 0.3) is 11.8 Å². The van der Waals surface area contributed by atoms with E-state index in [1.165, 1.54) is 16.8 Å². The Hall–Kier alpha value is -3.42. The Morgan fingerprint density at radius 3 is 2.53 bits per heavy atom. The van der Waals surface area contributed by atoms with Gasteiger partial charge in [0.2, 0.25) is 5.17 Å². The van der Waals surface area contributed by atoms with Gasteiger partial charge in [0.1, 0.15) is 5.04 Å². The van der Waals surface area contributed by atoms with E-state index in [0.717, 1.165) is 28.2 Å². The second kappa shape index (κ2) is 7.93. The van der Waals surface area contributed by atoms with Gasteiger partial charge in [0, 0.05) is 22.6 Å². The van der Waals surface area contributed by atoms with Crippen LogP contribution < -0.4 is 0 Å². The van der Waals surface area contributed by atoms with E-state index in [2.05, 4.69) is 14.7 Å². The Morgan fingerprint density at radius 1 is 1.06 bits per heavy atom. The van der Waals surface area contributed by atoms with E-state index in [1.54, 1.807) is 12.1 Å². The number of hydrogen-bond donors (Lipinski definition) is 1. The van der Waals surface area contributed by atoms with E-state index in [0.29, 0.717) is 15.2 Å². The summed E-state index contributed by atoms with van der Waals surface area (Å²) in [6.45, 7) is 4.01. The van der Waals surface area contributed by atoms with Crippen LogP contribution in [-0.2, 0) is 4.79 Å². The van der Waals surface area contributed by atoms with E-state index in [9.17, 15) is 4.79 Å². The van der Waals surface area contributed by atoms with E-state index in [-0.39, 0.29) is 11.4 Å². The van der Waals surface area contributed by atoms with Crippen molar-refractivity contribution < 1.29 is 4.79 Å². The highest BCUT2D eigenvalue weighted by Crippen LogP contribution is 2.33. The van der Waals surface area contributed by atoms with Crippen LogP contribution >= 0.6 is 23.4 Å². The Morgan fingerprint density at radius 2 is 1.78 bits per heavy atom. The van der Waals surface area contributed by atoms with E-state index >= 15 is 0 Å². The molecular weight excluding hydrogens is 442 g/mol. The number of amidine groups is 2. The van der Waals surface area contributed by atoms with Crippen molar-refractivity contribution >= 4 is 51.4 Å². The second-order valence-corrected chi connectivity index (χ2v) is 8.77. The third-order valence-corrected chi connectivity index (χ3v) is 6.61. The van der Waals surface area contributed by atoms with Crippen molar-refractivity contribution in [3.8, 4) is 5.69 Å². The molecule has 6 nitrogen and oxygen atoms in total. The molecule has 0 saturated carbocycles. The van der Waals surface area contributed by atoms with Crippen LogP contribution in [0.5, 0.6) is 0 Å². The van der Waals surface area contributed by atoms with Gasteiger partial charge in [0.25, 0.3) is 5.91 Å². The first-order valence-electron chi connectivity index (χ1n) is 9.93. The van der Waals surface area contributed by atoms with Crippen LogP contribution in [0, 0.1) is 19.3 Å². The van der Waals surface area contributed by atoms with Gasteiger partial charge in [-0.3, -0.25) is 10.2 Å². The average molecular weight is 460 g/mol. The number of nitrogens with one attached hydrogen (secondary N) is 1. The number of halogens is 1. The van der Waals surface area contributed by atoms with Crippen LogP contribution in [-0.4, -0.2) is 31.5 Å². The lowest BCUT2D eigenvalue weighted by Crippen LogP contribution is -2.35. The highest BCUT2D eigenvalue weighted by molar-refractivity contribution is 8.27. The van der Waals surface area contributed by atoms with Crippen LogP contribution in [0.15, 0.2) is 76.3 Å². The van der Waals surface area contributed by atoms with Crippen LogP contribution in [0.4, 0.5) is 0 Å². The van der Waals surface area contributed by atoms with E-state index < -0.39 is 5.91 Å². The molecule has 2 aromatic carbocycles. The molecule has 3 heterocycles. The Balaban J connectivity index is 1.53. The minimum Gasteiger partial charge on any atom is -0.318 e. The summed E-state index contributed by atoms with van der Waals surface area (Å²) < 4.78 is 2.12. The summed E-state index contributed by atoms with van der Waals surface area (Å²) in [5.74, 6) is -0.451. The minimum absolute atomic E-state index is 0.000863. The Kier molecular flexibility index (Phi) is 5.07. The molecule has 3 aromatic rings. The number of thioether (sulfide) groups is 1. The maximum atomic E-state index is 12.8. The average Bonchev–Trinajstić information content (AvgIpc) is 3.32. The highest BCUT2D eigenvalue weighted by Gasteiger charge is 2.36. The quantitative estimate of drug-likeness (QED) is 0.532. The third-order valence-electron chi connectivity index (χ3n) is 5.34. The van der Waals surface area contributed by atoms with Gasteiger partial charge < -0.3 is 4.57 Å². The van der Waals surface area contributed by atoms with Gasteiger partial charge in [0.15, 0.2) is 5.84 Å². The summed E-state index contributed by atoms with van der Waals surface area (Å²) in [7, 11) is 0. The SMILES string of the molecule is Cc1cc(/C=C2\C(=N)N3N=C(c4ccccc4Cl)SC3=NC2=O)c(C)n1-c1ccccc1. The number of carbonyl (C=O) groups is 1. The lowest BCUT2D eigenvalue weighted by molar-refractivity contribution is -0.114. The molecule has 2 aliphatic heterocycles. The van der Waals surface area contributed by atoms with Crippen molar-refractivity contribution in [1.82, 2.24) is 9.58 Å². The number of benzene rings is 2. The summed E-state index contributed by atoms with van der Waals surface area (Å²) in [6.07, 6.45) is 1.72. The molecule has 0 saturated heterocycles. The van der Waals surface area contributed by atoms with Crippen molar-refractivity contribution in [2.45, 2.75) is 13.8 Å². The normalized spacial score (nSPS) is 17.0. The Bertz CT molecular complexity index is 1370. The predicted octanol–water partition coefficient (Wildman–Crippen LogP) is 5.42. The smallest absolute Gasteiger partial charge is 0.283 e. The van der Waals surface area contributed by atoms with Gasteiger partial charge in [-0.05, 0) is 61.5 Å². The predicted molar refractivity (Wildman–Crippen MR) is 131 cm³/mol. The first-order valence-corrected chi connectivity index (χ1v) is 11.1. The summed E-state index contributed by atoms with van der Waals surface area (Å²) >= 11 is 7.53. The van der Waals surface area contributed by atoms with Crippen LogP contribution in [0.2, 0.25) is 5.02 Å². The summed E-state index contributed by atoms with van der Waals surface area (Å²) in [6, 6.07) is 19.4. The molecule has 5 rings (SSSR count). The monoisotopic (exact) mass is 459 g/mol. The number of aromatic nitrogens is 1. The number of nitrogens with zero attached hydrogens (tertiary/aromatic N) is 4.